The number of hydrogen-bond acceptors (Lipinski definition) is 4. The molecule has 0 aliphatic heterocycles. The molecule has 0 atom stereocenters. The molecule has 2 heterocycles. The fourth-order valence-corrected chi connectivity index (χ4v) is 2.63. The number of aryl methyl sites for hydroxylation is 4. The van der Waals surface area contributed by atoms with Crippen molar-refractivity contribution in [2.24, 2.45) is 0 Å². The van der Waals surface area contributed by atoms with Gasteiger partial charge in [-0.15, -0.1) is 0 Å². The molecule has 0 unspecified atom stereocenters. The summed E-state index contributed by atoms with van der Waals surface area (Å²) in [6, 6.07) is 0. The van der Waals surface area contributed by atoms with E-state index in [1.165, 1.54) is 51.4 Å². The van der Waals surface area contributed by atoms with E-state index in [0.717, 1.165) is 24.5 Å². The SMILES string of the molecule is CCCCCCn1cnc(C)c1.CCCCCCn1cnc(C)c1.O=S(=O)(O)O. The van der Waals surface area contributed by atoms with Gasteiger partial charge in [0.1, 0.15) is 0 Å². The fraction of sp³-hybridized carbons (Fsp3) is 0.700. The van der Waals surface area contributed by atoms with Gasteiger partial charge in [-0.3, -0.25) is 9.11 Å². The summed E-state index contributed by atoms with van der Waals surface area (Å²) in [5.74, 6) is 0. The molecule has 0 aliphatic rings. The summed E-state index contributed by atoms with van der Waals surface area (Å²) in [7, 11) is -4.67. The lowest BCUT2D eigenvalue weighted by Crippen LogP contribution is -1.93. The monoisotopic (exact) mass is 430 g/mol. The highest BCUT2D eigenvalue weighted by Gasteiger charge is 1.93. The molecule has 29 heavy (non-hydrogen) atoms. The van der Waals surface area contributed by atoms with E-state index in [9.17, 15) is 0 Å². The van der Waals surface area contributed by atoms with Crippen molar-refractivity contribution in [1.29, 1.82) is 0 Å². The van der Waals surface area contributed by atoms with Crippen LogP contribution in [0.4, 0.5) is 0 Å². The summed E-state index contributed by atoms with van der Waals surface area (Å²) in [5.41, 5.74) is 2.23. The van der Waals surface area contributed by atoms with Crippen molar-refractivity contribution in [3.05, 3.63) is 36.4 Å². The quantitative estimate of drug-likeness (QED) is 0.410. The molecule has 2 aromatic heterocycles. The molecule has 0 aromatic carbocycles. The average molecular weight is 431 g/mol. The first-order chi connectivity index (χ1) is 13.7. The normalized spacial score (nSPS) is 10.7. The molecule has 0 aliphatic carbocycles. The summed E-state index contributed by atoms with van der Waals surface area (Å²) in [6.07, 6.45) is 18.6. The molecule has 0 saturated carbocycles. The van der Waals surface area contributed by atoms with Crippen molar-refractivity contribution in [3.63, 3.8) is 0 Å². The van der Waals surface area contributed by atoms with Gasteiger partial charge in [-0.05, 0) is 26.7 Å². The molecular formula is C20H38N4O4S. The molecule has 2 aromatic rings. The lowest BCUT2D eigenvalue weighted by molar-refractivity contribution is 0.381. The van der Waals surface area contributed by atoms with Crippen LogP contribution >= 0.6 is 0 Å². The van der Waals surface area contributed by atoms with Crippen LogP contribution in [0.25, 0.3) is 0 Å². The van der Waals surface area contributed by atoms with E-state index in [2.05, 4.69) is 45.3 Å². The van der Waals surface area contributed by atoms with Crippen LogP contribution in [0.3, 0.4) is 0 Å². The van der Waals surface area contributed by atoms with E-state index in [4.69, 9.17) is 17.5 Å². The van der Waals surface area contributed by atoms with Gasteiger partial charge in [-0.25, -0.2) is 9.97 Å². The molecule has 0 amide bonds. The Kier molecular flexibility index (Phi) is 15.2. The lowest BCUT2D eigenvalue weighted by atomic mass is 10.2. The van der Waals surface area contributed by atoms with Crippen LogP contribution in [-0.2, 0) is 23.5 Å². The molecule has 9 heteroatoms. The Morgan fingerprint density at radius 1 is 0.759 bits per heavy atom. The van der Waals surface area contributed by atoms with E-state index >= 15 is 0 Å². The maximum Gasteiger partial charge on any atom is 0.394 e. The third-order valence-electron chi connectivity index (χ3n) is 4.06. The Balaban J connectivity index is 0.000000442. The van der Waals surface area contributed by atoms with Gasteiger partial charge in [-0.2, -0.15) is 8.42 Å². The summed E-state index contributed by atoms with van der Waals surface area (Å²) in [5, 5.41) is 0. The zero-order chi connectivity index (χ0) is 22.1. The second-order valence-electron chi connectivity index (χ2n) is 7.07. The third-order valence-corrected chi connectivity index (χ3v) is 4.06. The summed E-state index contributed by atoms with van der Waals surface area (Å²) in [6.45, 7) is 10.8. The Morgan fingerprint density at radius 2 is 1.10 bits per heavy atom. The van der Waals surface area contributed by atoms with Gasteiger partial charge in [0.05, 0.1) is 24.0 Å². The predicted octanol–water partition coefficient (Wildman–Crippen LogP) is 4.89. The van der Waals surface area contributed by atoms with Gasteiger partial charge in [0.25, 0.3) is 0 Å². The average Bonchev–Trinajstić information content (AvgIpc) is 3.23. The van der Waals surface area contributed by atoms with Crippen LogP contribution in [-0.4, -0.2) is 36.6 Å². The van der Waals surface area contributed by atoms with E-state index < -0.39 is 10.4 Å². The van der Waals surface area contributed by atoms with Crippen molar-refractivity contribution in [2.75, 3.05) is 0 Å². The Hall–Kier alpha value is -1.71. The van der Waals surface area contributed by atoms with E-state index in [1.54, 1.807) is 0 Å². The molecule has 8 nitrogen and oxygen atoms in total. The molecule has 2 N–H and O–H groups in total. The van der Waals surface area contributed by atoms with E-state index in [-0.39, 0.29) is 0 Å². The minimum atomic E-state index is -4.67. The van der Waals surface area contributed by atoms with Crippen LogP contribution < -0.4 is 0 Å². The summed E-state index contributed by atoms with van der Waals surface area (Å²) < 4.78 is 35.9. The van der Waals surface area contributed by atoms with Crippen LogP contribution in [0.15, 0.2) is 25.0 Å². The number of aromatic nitrogens is 4. The Morgan fingerprint density at radius 3 is 1.34 bits per heavy atom. The number of unbranched alkanes of at least 4 members (excludes halogenated alkanes) is 6. The van der Waals surface area contributed by atoms with Crippen molar-refractivity contribution in [3.8, 4) is 0 Å². The predicted molar refractivity (Wildman–Crippen MR) is 116 cm³/mol. The van der Waals surface area contributed by atoms with Gasteiger partial charge < -0.3 is 9.13 Å². The molecule has 2 rings (SSSR count). The van der Waals surface area contributed by atoms with Crippen molar-refractivity contribution >= 4 is 10.4 Å². The highest BCUT2D eigenvalue weighted by molar-refractivity contribution is 7.79. The minimum absolute atomic E-state index is 1.12. The largest absolute Gasteiger partial charge is 0.394 e. The van der Waals surface area contributed by atoms with Crippen LogP contribution in [0.5, 0.6) is 0 Å². The molecular weight excluding hydrogens is 392 g/mol. The standard InChI is InChI=1S/2C10H18N2.H2O4S/c2*1-3-4-5-6-7-12-8-10(2)11-9-12;1-5(2,3)4/h2*8-9H,3-7H2,1-2H3;(H2,1,2,3,4). The second kappa shape index (κ2) is 16.1. The maximum atomic E-state index is 8.74. The first kappa shape index (κ1) is 27.3. The molecule has 0 saturated heterocycles. The van der Waals surface area contributed by atoms with Crippen molar-refractivity contribution in [2.45, 2.75) is 92.2 Å². The number of rotatable bonds is 10. The number of hydrogen-bond donors (Lipinski definition) is 2. The smallest absolute Gasteiger partial charge is 0.337 e. The highest BCUT2D eigenvalue weighted by atomic mass is 32.3. The van der Waals surface area contributed by atoms with Crippen LogP contribution in [0, 0.1) is 13.8 Å². The number of imidazole rings is 2. The first-order valence-corrected chi connectivity index (χ1v) is 11.7. The molecule has 168 valence electrons. The third kappa shape index (κ3) is 19.4. The first-order valence-electron chi connectivity index (χ1n) is 10.3. The van der Waals surface area contributed by atoms with Gasteiger partial charge in [0.15, 0.2) is 0 Å². The topological polar surface area (TPSA) is 110 Å². The summed E-state index contributed by atoms with van der Waals surface area (Å²) >= 11 is 0. The van der Waals surface area contributed by atoms with Gasteiger partial charge in [-0.1, -0.05) is 52.4 Å². The number of nitrogens with zero attached hydrogens (tertiary/aromatic N) is 4. The van der Waals surface area contributed by atoms with Gasteiger partial charge in [0.2, 0.25) is 0 Å². The van der Waals surface area contributed by atoms with Gasteiger partial charge >= 0.3 is 10.4 Å². The minimum Gasteiger partial charge on any atom is -0.337 e. The van der Waals surface area contributed by atoms with Crippen LogP contribution in [0.1, 0.15) is 76.6 Å². The van der Waals surface area contributed by atoms with E-state index in [1.807, 2.05) is 26.5 Å². The zero-order valence-corrected chi connectivity index (χ0v) is 19.1. The molecule has 0 spiro atoms. The van der Waals surface area contributed by atoms with Crippen molar-refractivity contribution < 1.29 is 17.5 Å². The Bertz CT molecular complexity index is 685. The highest BCUT2D eigenvalue weighted by Crippen LogP contribution is 2.03. The van der Waals surface area contributed by atoms with Crippen molar-refractivity contribution in [1.82, 2.24) is 19.1 Å². The fourth-order valence-electron chi connectivity index (χ4n) is 2.63. The summed E-state index contributed by atoms with van der Waals surface area (Å²) in [4.78, 5) is 8.36. The van der Waals surface area contributed by atoms with Crippen LogP contribution in [0.2, 0.25) is 0 Å². The van der Waals surface area contributed by atoms with E-state index in [0.29, 0.717) is 0 Å². The maximum absolute atomic E-state index is 8.74. The molecule has 0 bridgehead atoms. The zero-order valence-electron chi connectivity index (χ0n) is 18.3. The molecule has 0 radical (unpaired) electrons. The van der Waals surface area contributed by atoms with Gasteiger partial charge in [0, 0.05) is 25.5 Å². The second-order valence-corrected chi connectivity index (χ2v) is 7.97. The Labute approximate surface area is 176 Å². The lowest BCUT2D eigenvalue weighted by Gasteiger charge is -2.00. The molecule has 0 fully saturated rings.